The summed E-state index contributed by atoms with van der Waals surface area (Å²) < 4.78 is 44.1. The van der Waals surface area contributed by atoms with E-state index >= 15 is 0 Å². The first-order chi connectivity index (χ1) is 11.0. The lowest BCUT2D eigenvalue weighted by molar-refractivity contribution is -0.113. The Hall–Kier alpha value is -2.15. The molecule has 2 rings (SSSR count). The second-order valence-corrected chi connectivity index (χ2v) is 5.62. The van der Waals surface area contributed by atoms with Crippen LogP contribution in [-0.4, -0.2) is 18.8 Å². The normalized spacial score (nSPS) is 10.4. The van der Waals surface area contributed by atoms with Gasteiger partial charge in [0.2, 0.25) is 5.91 Å². The first-order valence-electron chi connectivity index (χ1n) is 6.64. The molecule has 1 amide bonds. The number of ether oxygens (including phenoxy) is 1. The molecule has 0 unspecified atom stereocenters. The third-order valence-corrected chi connectivity index (χ3v) is 3.93. The zero-order chi connectivity index (χ0) is 16.8. The molecule has 0 aliphatic carbocycles. The molecule has 23 heavy (non-hydrogen) atoms. The third-order valence-electron chi connectivity index (χ3n) is 2.92. The molecule has 0 heterocycles. The first-order valence-corrected chi connectivity index (χ1v) is 7.80. The van der Waals surface area contributed by atoms with Gasteiger partial charge in [0, 0.05) is 17.5 Å². The minimum Gasteiger partial charge on any atom is -0.494 e. The molecule has 2 aromatic carbocycles. The molecule has 0 fully saturated rings. The van der Waals surface area contributed by atoms with E-state index < -0.39 is 17.5 Å². The van der Waals surface area contributed by atoms with Gasteiger partial charge >= 0.3 is 0 Å². The Morgan fingerprint density at radius 1 is 1.09 bits per heavy atom. The van der Waals surface area contributed by atoms with E-state index in [4.69, 9.17) is 4.74 Å². The molecular weight excluding hydrogens is 327 g/mol. The zero-order valence-corrected chi connectivity index (χ0v) is 13.1. The number of amides is 1. The molecular formula is C16H14F3NO2S. The summed E-state index contributed by atoms with van der Waals surface area (Å²) in [5.74, 6) is -2.11. The second kappa shape index (κ2) is 7.92. The standard InChI is InChI=1S/C16H14F3NO2S/c1-22-15-5-2-10(6-14(15)19)8-23-9-16(21)20-11-3-4-12(17)13(18)7-11/h2-7H,8-9H2,1H3,(H,20,21). The highest BCUT2D eigenvalue weighted by Crippen LogP contribution is 2.21. The number of hydrogen-bond acceptors (Lipinski definition) is 3. The van der Waals surface area contributed by atoms with Gasteiger partial charge in [-0.25, -0.2) is 13.2 Å². The van der Waals surface area contributed by atoms with Gasteiger partial charge in [0.15, 0.2) is 23.2 Å². The maximum atomic E-state index is 13.5. The number of hydrogen-bond donors (Lipinski definition) is 1. The van der Waals surface area contributed by atoms with Crippen molar-refractivity contribution in [2.24, 2.45) is 0 Å². The molecule has 0 aromatic heterocycles. The fourth-order valence-corrected chi connectivity index (χ4v) is 2.61. The lowest BCUT2D eigenvalue weighted by Crippen LogP contribution is -2.14. The van der Waals surface area contributed by atoms with Crippen molar-refractivity contribution in [3.63, 3.8) is 0 Å². The van der Waals surface area contributed by atoms with Gasteiger partial charge in [-0.05, 0) is 29.8 Å². The predicted molar refractivity (Wildman–Crippen MR) is 84.1 cm³/mol. The van der Waals surface area contributed by atoms with Crippen LogP contribution in [0.3, 0.4) is 0 Å². The summed E-state index contributed by atoms with van der Waals surface area (Å²) in [6, 6.07) is 7.71. The lowest BCUT2D eigenvalue weighted by Gasteiger charge is -2.07. The molecule has 0 bridgehead atoms. The first kappa shape index (κ1) is 17.2. The van der Waals surface area contributed by atoms with Crippen molar-refractivity contribution in [3.05, 3.63) is 59.4 Å². The molecule has 7 heteroatoms. The summed E-state index contributed by atoms with van der Waals surface area (Å²) in [4.78, 5) is 11.7. The topological polar surface area (TPSA) is 38.3 Å². The Kier molecular flexibility index (Phi) is 5.92. The molecule has 0 saturated heterocycles. The number of nitrogens with one attached hydrogen (secondary N) is 1. The van der Waals surface area contributed by atoms with Gasteiger partial charge < -0.3 is 10.1 Å². The van der Waals surface area contributed by atoms with Crippen molar-refractivity contribution < 1.29 is 22.7 Å². The van der Waals surface area contributed by atoms with Crippen LogP contribution in [0.5, 0.6) is 5.75 Å². The Balaban J connectivity index is 1.82. The van der Waals surface area contributed by atoms with E-state index in [0.29, 0.717) is 11.3 Å². The third kappa shape index (κ3) is 4.92. The Bertz CT molecular complexity index is 710. The van der Waals surface area contributed by atoms with Crippen LogP contribution in [0.4, 0.5) is 18.9 Å². The van der Waals surface area contributed by atoms with Crippen LogP contribution in [-0.2, 0) is 10.5 Å². The zero-order valence-electron chi connectivity index (χ0n) is 12.2. The molecule has 0 radical (unpaired) electrons. The van der Waals surface area contributed by atoms with Crippen LogP contribution in [0.15, 0.2) is 36.4 Å². The van der Waals surface area contributed by atoms with Crippen molar-refractivity contribution in [2.45, 2.75) is 5.75 Å². The van der Waals surface area contributed by atoms with Crippen LogP contribution < -0.4 is 10.1 Å². The largest absolute Gasteiger partial charge is 0.494 e. The number of rotatable bonds is 6. The highest BCUT2D eigenvalue weighted by atomic mass is 32.2. The number of methoxy groups -OCH3 is 1. The van der Waals surface area contributed by atoms with Crippen molar-refractivity contribution in [3.8, 4) is 5.75 Å². The van der Waals surface area contributed by atoms with E-state index in [1.54, 1.807) is 6.07 Å². The second-order valence-electron chi connectivity index (χ2n) is 4.64. The minimum atomic E-state index is -1.02. The van der Waals surface area contributed by atoms with E-state index in [2.05, 4.69) is 5.32 Å². The van der Waals surface area contributed by atoms with Crippen LogP contribution in [0.2, 0.25) is 0 Å². The van der Waals surface area contributed by atoms with Crippen molar-refractivity contribution in [1.29, 1.82) is 0 Å². The van der Waals surface area contributed by atoms with E-state index in [1.165, 1.54) is 37.1 Å². The van der Waals surface area contributed by atoms with Crippen LogP contribution in [0.25, 0.3) is 0 Å². The maximum Gasteiger partial charge on any atom is 0.234 e. The maximum absolute atomic E-state index is 13.5. The summed E-state index contributed by atoms with van der Waals surface area (Å²) >= 11 is 1.28. The molecule has 0 aliphatic heterocycles. The molecule has 0 saturated carbocycles. The monoisotopic (exact) mass is 341 g/mol. The van der Waals surface area contributed by atoms with Crippen LogP contribution in [0.1, 0.15) is 5.56 Å². The summed E-state index contributed by atoms with van der Waals surface area (Å²) in [7, 11) is 1.38. The fraction of sp³-hybridized carbons (Fsp3) is 0.188. The minimum absolute atomic E-state index is 0.104. The van der Waals surface area contributed by atoms with E-state index in [9.17, 15) is 18.0 Å². The SMILES string of the molecule is COc1ccc(CSCC(=O)Nc2ccc(F)c(F)c2)cc1F. The highest BCUT2D eigenvalue weighted by Gasteiger charge is 2.08. The van der Waals surface area contributed by atoms with E-state index in [-0.39, 0.29) is 23.1 Å². The smallest absolute Gasteiger partial charge is 0.234 e. The van der Waals surface area contributed by atoms with Gasteiger partial charge in [-0.3, -0.25) is 4.79 Å². The van der Waals surface area contributed by atoms with Crippen molar-refractivity contribution in [1.82, 2.24) is 0 Å². The van der Waals surface area contributed by atoms with Crippen molar-refractivity contribution >= 4 is 23.4 Å². The van der Waals surface area contributed by atoms with E-state index in [1.807, 2.05) is 0 Å². The van der Waals surface area contributed by atoms with E-state index in [0.717, 1.165) is 12.1 Å². The lowest BCUT2D eigenvalue weighted by atomic mass is 10.2. The number of anilines is 1. The van der Waals surface area contributed by atoms with Crippen LogP contribution in [0, 0.1) is 17.5 Å². The van der Waals surface area contributed by atoms with Gasteiger partial charge in [0.05, 0.1) is 12.9 Å². The fourth-order valence-electron chi connectivity index (χ4n) is 1.83. The molecule has 122 valence electrons. The molecule has 0 atom stereocenters. The van der Waals surface area contributed by atoms with Crippen LogP contribution >= 0.6 is 11.8 Å². The molecule has 1 N–H and O–H groups in total. The number of benzene rings is 2. The van der Waals surface area contributed by atoms with Gasteiger partial charge in [-0.2, -0.15) is 0 Å². The van der Waals surface area contributed by atoms with Gasteiger partial charge in [0.25, 0.3) is 0 Å². The number of carbonyl (C=O) groups excluding carboxylic acids is 1. The van der Waals surface area contributed by atoms with Gasteiger partial charge in [-0.15, -0.1) is 11.8 Å². The Morgan fingerprint density at radius 3 is 2.52 bits per heavy atom. The summed E-state index contributed by atoms with van der Waals surface area (Å²) in [6.45, 7) is 0. The number of carbonyl (C=O) groups is 1. The predicted octanol–water partition coefficient (Wildman–Crippen LogP) is 3.98. The number of thioether (sulfide) groups is 1. The molecule has 0 spiro atoms. The Morgan fingerprint density at radius 2 is 1.87 bits per heavy atom. The highest BCUT2D eigenvalue weighted by molar-refractivity contribution is 7.99. The summed E-state index contributed by atoms with van der Waals surface area (Å²) in [6.07, 6.45) is 0. The average Bonchev–Trinajstić information content (AvgIpc) is 2.51. The summed E-state index contributed by atoms with van der Waals surface area (Å²) in [5, 5.41) is 2.47. The number of halogens is 3. The van der Waals surface area contributed by atoms with Gasteiger partial charge in [-0.1, -0.05) is 6.07 Å². The molecule has 0 aliphatic rings. The summed E-state index contributed by atoms with van der Waals surface area (Å²) in [5.41, 5.74) is 0.902. The molecule has 2 aromatic rings. The molecule has 3 nitrogen and oxygen atoms in total. The average molecular weight is 341 g/mol. The quantitative estimate of drug-likeness (QED) is 0.864. The Labute approximate surface area is 135 Å². The van der Waals surface area contributed by atoms with Crippen molar-refractivity contribution in [2.75, 3.05) is 18.2 Å². The van der Waals surface area contributed by atoms with Gasteiger partial charge in [0.1, 0.15) is 0 Å².